The second-order valence-corrected chi connectivity index (χ2v) is 4.80. The molecule has 0 saturated heterocycles. The number of nitrogen functional groups attached to an aromatic ring is 1. The lowest BCUT2D eigenvalue weighted by Crippen LogP contribution is -2.02. The average molecular weight is 293 g/mol. The highest BCUT2D eigenvalue weighted by Crippen LogP contribution is 2.25. The summed E-state index contributed by atoms with van der Waals surface area (Å²) in [6, 6.07) is 2.05. The molecule has 2 heterocycles. The lowest BCUT2D eigenvalue weighted by molar-refractivity contribution is 1.07. The van der Waals surface area contributed by atoms with E-state index in [9.17, 15) is 0 Å². The highest BCUT2D eigenvalue weighted by molar-refractivity contribution is 9.10. The molecule has 17 heavy (non-hydrogen) atoms. The molecule has 0 bridgehead atoms. The minimum Gasteiger partial charge on any atom is -0.383 e. The first-order chi connectivity index (χ1) is 7.99. The second-order valence-electron chi connectivity index (χ2n) is 4.01. The van der Waals surface area contributed by atoms with E-state index in [2.05, 4.69) is 36.9 Å². The minimum absolute atomic E-state index is 0.439. The molecule has 2 aromatic rings. The monoisotopic (exact) mass is 292 g/mol. The van der Waals surface area contributed by atoms with E-state index in [1.54, 1.807) is 6.20 Å². The van der Waals surface area contributed by atoms with Crippen molar-refractivity contribution < 1.29 is 0 Å². The Labute approximate surface area is 108 Å². The second kappa shape index (κ2) is 4.41. The molecule has 0 aliphatic rings. The van der Waals surface area contributed by atoms with Gasteiger partial charge in [0, 0.05) is 6.20 Å². The third-order valence-electron chi connectivity index (χ3n) is 2.47. The fourth-order valence-corrected chi connectivity index (χ4v) is 1.81. The van der Waals surface area contributed by atoms with Gasteiger partial charge in [-0.05, 0) is 47.8 Å². The molecule has 0 radical (unpaired) electrons. The quantitative estimate of drug-likeness (QED) is 0.878. The molecule has 88 valence electrons. The Balaban J connectivity index is 2.61. The van der Waals surface area contributed by atoms with Gasteiger partial charge in [-0.2, -0.15) is 0 Å². The molecule has 2 aromatic heterocycles. The molecule has 0 spiro atoms. The van der Waals surface area contributed by atoms with Gasteiger partial charge in [-0.15, -0.1) is 0 Å². The van der Waals surface area contributed by atoms with Crippen LogP contribution in [0.15, 0.2) is 16.7 Å². The highest BCUT2D eigenvalue weighted by atomic mass is 79.9. The van der Waals surface area contributed by atoms with Crippen molar-refractivity contribution in [1.29, 1.82) is 0 Å². The molecule has 2 rings (SSSR count). The number of hydrogen-bond donors (Lipinski definition) is 1. The van der Waals surface area contributed by atoms with Crippen LogP contribution in [0.5, 0.6) is 0 Å². The first-order valence-electron chi connectivity index (χ1n) is 5.22. The molecule has 2 N–H and O–H groups in total. The van der Waals surface area contributed by atoms with Crippen LogP contribution in [0.2, 0.25) is 0 Å². The lowest BCUT2D eigenvalue weighted by atomic mass is 10.1. The summed E-state index contributed by atoms with van der Waals surface area (Å²) in [4.78, 5) is 13.0. The molecule has 0 aliphatic heterocycles. The van der Waals surface area contributed by atoms with Gasteiger partial charge in [0.25, 0.3) is 0 Å². The maximum absolute atomic E-state index is 5.81. The average Bonchev–Trinajstić information content (AvgIpc) is 2.25. The van der Waals surface area contributed by atoms with Crippen molar-refractivity contribution in [2.45, 2.75) is 20.8 Å². The lowest BCUT2D eigenvalue weighted by Gasteiger charge is -2.07. The molecule has 0 aliphatic carbocycles. The van der Waals surface area contributed by atoms with Crippen molar-refractivity contribution in [2.24, 2.45) is 0 Å². The maximum Gasteiger partial charge on any atom is 0.180 e. The summed E-state index contributed by atoms with van der Waals surface area (Å²) in [7, 11) is 0. The maximum atomic E-state index is 5.81. The molecule has 4 nitrogen and oxygen atoms in total. The van der Waals surface area contributed by atoms with Gasteiger partial charge in [0.15, 0.2) is 5.82 Å². The SMILES string of the molecule is Cc1cnc(-c2nc(C)c(Br)c(N)n2)c(C)c1. The topological polar surface area (TPSA) is 64.7 Å². The van der Waals surface area contributed by atoms with E-state index in [0.29, 0.717) is 11.6 Å². The standard InChI is InChI=1S/C12H13BrN4/c1-6-4-7(2)10(15-5-6)12-16-8(3)9(13)11(14)17-12/h4-5H,1-3H3,(H2,14,16,17). The highest BCUT2D eigenvalue weighted by Gasteiger charge is 2.11. The van der Waals surface area contributed by atoms with Gasteiger partial charge < -0.3 is 5.73 Å². The molecular weight excluding hydrogens is 280 g/mol. The molecule has 0 amide bonds. The van der Waals surface area contributed by atoms with E-state index < -0.39 is 0 Å². The number of pyridine rings is 1. The molecule has 0 unspecified atom stereocenters. The van der Waals surface area contributed by atoms with E-state index >= 15 is 0 Å². The first kappa shape index (κ1) is 12.0. The third kappa shape index (κ3) is 2.29. The molecule has 0 aromatic carbocycles. The Hall–Kier alpha value is -1.49. The number of nitrogens with two attached hydrogens (primary N) is 1. The van der Waals surface area contributed by atoms with Crippen LogP contribution in [0.1, 0.15) is 16.8 Å². The number of aromatic nitrogens is 3. The zero-order valence-electron chi connectivity index (χ0n) is 9.95. The summed E-state index contributed by atoms with van der Waals surface area (Å²) in [6.45, 7) is 5.88. The largest absolute Gasteiger partial charge is 0.383 e. The summed E-state index contributed by atoms with van der Waals surface area (Å²) in [5.74, 6) is 1.01. The smallest absolute Gasteiger partial charge is 0.180 e. The van der Waals surface area contributed by atoms with Crippen LogP contribution in [0.25, 0.3) is 11.5 Å². The van der Waals surface area contributed by atoms with Gasteiger partial charge in [0.1, 0.15) is 11.5 Å². The van der Waals surface area contributed by atoms with Crippen LogP contribution in [-0.4, -0.2) is 15.0 Å². The number of rotatable bonds is 1. The van der Waals surface area contributed by atoms with Crippen LogP contribution >= 0.6 is 15.9 Å². The Morgan fingerprint density at radius 2 is 1.88 bits per heavy atom. The molecule has 5 heteroatoms. The predicted octanol–water partition coefficient (Wildman–Crippen LogP) is 2.81. The van der Waals surface area contributed by atoms with Crippen molar-refractivity contribution in [2.75, 3.05) is 5.73 Å². The third-order valence-corrected chi connectivity index (χ3v) is 3.45. The van der Waals surface area contributed by atoms with Crippen LogP contribution in [0.4, 0.5) is 5.82 Å². The van der Waals surface area contributed by atoms with Crippen molar-refractivity contribution in [3.8, 4) is 11.5 Å². The normalized spacial score (nSPS) is 10.6. The Bertz CT molecular complexity index is 558. The van der Waals surface area contributed by atoms with Gasteiger partial charge in [-0.3, -0.25) is 4.98 Å². The van der Waals surface area contributed by atoms with E-state index in [1.165, 1.54) is 0 Å². The van der Waals surface area contributed by atoms with Gasteiger partial charge >= 0.3 is 0 Å². The van der Waals surface area contributed by atoms with E-state index in [1.807, 2.05) is 20.8 Å². The van der Waals surface area contributed by atoms with Gasteiger partial charge in [0.2, 0.25) is 0 Å². The van der Waals surface area contributed by atoms with Crippen LogP contribution in [0, 0.1) is 20.8 Å². The predicted molar refractivity (Wildman–Crippen MR) is 71.6 cm³/mol. The van der Waals surface area contributed by atoms with Crippen LogP contribution < -0.4 is 5.73 Å². The zero-order chi connectivity index (χ0) is 12.6. The van der Waals surface area contributed by atoms with Crippen molar-refractivity contribution in [1.82, 2.24) is 15.0 Å². The number of aryl methyl sites for hydroxylation is 3. The van der Waals surface area contributed by atoms with Crippen molar-refractivity contribution in [3.05, 3.63) is 33.6 Å². The van der Waals surface area contributed by atoms with E-state index in [4.69, 9.17) is 5.73 Å². The van der Waals surface area contributed by atoms with Crippen molar-refractivity contribution >= 4 is 21.7 Å². The molecule has 0 fully saturated rings. The fraction of sp³-hybridized carbons (Fsp3) is 0.250. The Kier molecular flexibility index (Phi) is 3.11. The summed E-state index contributed by atoms with van der Waals surface area (Å²) in [5.41, 5.74) is 9.57. The van der Waals surface area contributed by atoms with Crippen molar-refractivity contribution in [3.63, 3.8) is 0 Å². The van der Waals surface area contributed by atoms with Gasteiger partial charge in [-0.1, -0.05) is 6.07 Å². The Morgan fingerprint density at radius 3 is 2.47 bits per heavy atom. The van der Waals surface area contributed by atoms with Gasteiger partial charge in [0.05, 0.1) is 10.2 Å². The molecular formula is C12H13BrN4. The number of nitrogens with zero attached hydrogens (tertiary/aromatic N) is 3. The first-order valence-corrected chi connectivity index (χ1v) is 6.01. The number of hydrogen-bond acceptors (Lipinski definition) is 4. The summed E-state index contributed by atoms with van der Waals surface area (Å²) < 4.78 is 0.742. The molecule has 0 saturated carbocycles. The number of anilines is 1. The summed E-state index contributed by atoms with van der Waals surface area (Å²) >= 11 is 3.35. The Morgan fingerprint density at radius 1 is 1.18 bits per heavy atom. The number of halogens is 1. The van der Waals surface area contributed by atoms with E-state index in [-0.39, 0.29) is 0 Å². The van der Waals surface area contributed by atoms with Crippen LogP contribution in [0.3, 0.4) is 0 Å². The minimum atomic E-state index is 0.439. The molecule has 0 atom stereocenters. The summed E-state index contributed by atoms with van der Waals surface area (Å²) in [6.07, 6.45) is 1.80. The fourth-order valence-electron chi connectivity index (χ4n) is 1.64. The van der Waals surface area contributed by atoms with Gasteiger partial charge in [-0.25, -0.2) is 9.97 Å². The van der Waals surface area contributed by atoms with E-state index in [0.717, 1.165) is 27.0 Å². The van der Waals surface area contributed by atoms with Crippen LogP contribution in [-0.2, 0) is 0 Å². The summed E-state index contributed by atoms with van der Waals surface area (Å²) in [5, 5.41) is 0. The zero-order valence-corrected chi connectivity index (χ0v) is 11.5.